The lowest BCUT2D eigenvalue weighted by atomic mass is 10.1. The van der Waals surface area contributed by atoms with E-state index in [-0.39, 0.29) is 27.6 Å². The third-order valence-corrected chi connectivity index (χ3v) is 4.43. The van der Waals surface area contributed by atoms with Gasteiger partial charge >= 0.3 is 0 Å². The third-order valence-electron chi connectivity index (χ3n) is 4.12. The number of carbonyl (C=O) groups excluding carboxylic acids is 1. The Balaban J connectivity index is 1.88. The van der Waals surface area contributed by atoms with Gasteiger partial charge in [0, 0.05) is 0 Å². The Hall–Kier alpha value is -2.86. The lowest BCUT2D eigenvalue weighted by Crippen LogP contribution is -2.30. The predicted octanol–water partition coefficient (Wildman–Crippen LogP) is 4.82. The molecule has 0 unspecified atom stereocenters. The van der Waals surface area contributed by atoms with Crippen LogP contribution in [-0.4, -0.2) is 11.1 Å². The number of aryl methyl sites for hydroxylation is 3. The van der Waals surface area contributed by atoms with Crippen LogP contribution in [0, 0.1) is 26.6 Å². The van der Waals surface area contributed by atoms with Crippen LogP contribution in [0.5, 0.6) is 0 Å². The second-order valence-corrected chi connectivity index (χ2v) is 6.34. The van der Waals surface area contributed by atoms with Gasteiger partial charge < -0.3 is 4.52 Å². The van der Waals surface area contributed by atoms with Gasteiger partial charge in [-0.3, -0.25) is 15.6 Å². The molecule has 0 fully saturated rings. The number of amides is 1. The largest absolute Gasteiger partial charge is 0.360 e. The summed E-state index contributed by atoms with van der Waals surface area (Å²) in [7, 11) is 0. The number of hydrogen-bond acceptors (Lipinski definition) is 4. The van der Waals surface area contributed by atoms with E-state index in [9.17, 15) is 9.18 Å². The minimum absolute atomic E-state index is 0.0300. The van der Waals surface area contributed by atoms with E-state index in [0.29, 0.717) is 0 Å². The van der Waals surface area contributed by atoms with E-state index in [2.05, 4.69) is 16.0 Å². The molecule has 3 aromatic rings. The maximum absolute atomic E-state index is 14.2. The summed E-state index contributed by atoms with van der Waals surface area (Å²) in [6.45, 7) is 5.56. The number of hydrogen-bond donors (Lipinski definition) is 2. The zero-order valence-corrected chi connectivity index (χ0v) is 15.2. The first-order chi connectivity index (χ1) is 12.4. The molecule has 7 heteroatoms. The average molecular weight is 374 g/mol. The molecular weight excluding hydrogens is 357 g/mol. The van der Waals surface area contributed by atoms with Crippen LogP contribution < -0.4 is 10.9 Å². The zero-order valence-electron chi connectivity index (χ0n) is 14.5. The molecule has 0 bridgehead atoms. The van der Waals surface area contributed by atoms with Crippen molar-refractivity contribution in [1.82, 2.24) is 10.6 Å². The fourth-order valence-electron chi connectivity index (χ4n) is 2.54. The molecule has 0 atom stereocenters. The first-order valence-corrected chi connectivity index (χ1v) is 8.30. The van der Waals surface area contributed by atoms with Gasteiger partial charge in [0.05, 0.1) is 16.3 Å². The lowest BCUT2D eigenvalue weighted by Gasteiger charge is -2.11. The fourth-order valence-corrected chi connectivity index (χ4v) is 2.80. The highest BCUT2D eigenvalue weighted by molar-refractivity contribution is 6.33. The van der Waals surface area contributed by atoms with Crippen LogP contribution in [0.2, 0.25) is 5.02 Å². The molecule has 0 spiro atoms. The molecule has 0 aliphatic carbocycles. The van der Waals surface area contributed by atoms with Crippen molar-refractivity contribution in [3.05, 3.63) is 69.7 Å². The summed E-state index contributed by atoms with van der Waals surface area (Å²) in [5.74, 6) is -0.822. The SMILES string of the molecule is Cc1ccc(NNC(=O)c2c(-c3c(F)cccc3Cl)noc2C)cc1C. The number of nitrogens with zero attached hydrogens (tertiary/aromatic N) is 1. The molecule has 0 saturated heterocycles. The number of halogens is 2. The number of hydrazine groups is 1. The second-order valence-electron chi connectivity index (χ2n) is 5.94. The van der Waals surface area contributed by atoms with Gasteiger partial charge in [0.1, 0.15) is 22.8 Å². The van der Waals surface area contributed by atoms with Crippen molar-refractivity contribution in [2.24, 2.45) is 0 Å². The van der Waals surface area contributed by atoms with Crippen LogP contribution >= 0.6 is 11.6 Å². The third kappa shape index (κ3) is 3.41. The van der Waals surface area contributed by atoms with E-state index in [0.717, 1.165) is 16.8 Å². The minimum Gasteiger partial charge on any atom is -0.360 e. The van der Waals surface area contributed by atoms with Crippen LogP contribution in [0.1, 0.15) is 27.2 Å². The number of benzene rings is 2. The van der Waals surface area contributed by atoms with Crippen LogP contribution in [-0.2, 0) is 0 Å². The van der Waals surface area contributed by atoms with Gasteiger partial charge in [0.25, 0.3) is 5.91 Å². The number of rotatable bonds is 4. The molecule has 2 aromatic carbocycles. The number of aromatic nitrogens is 1. The van der Waals surface area contributed by atoms with Crippen LogP contribution in [0.15, 0.2) is 40.9 Å². The second kappa shape index (κ2) is 7.17. The molecule has 0 aliphatic heterocycles. The summed E-state index contributed by atoms with van der Waals surface area (Å²) >= 11 is 6.09. The van der Waals surface area contributed by atoms with Crippen molar-refractivity contribution in [2.45, 2.75) is 20.8 Å². The maximum atomic E-state index is 14.2. The number of nitrogens with one attached hydrogen (secondary N) is 2. The lowest BCUT2D eigenvalue weighted by molar-refractivity contribution is 0.0961. The molecule has 0 aliphatic rings. The minimum atomic E-state index is -0.582. The van der Waals surface area contributed by atoms with E-state index in [4.69, 9.17) is 16.1 Å². The molecule has 1 heterocycles. The van der Waals surface area contributed by atoms with E-state index in [1.165, 1.54) is 18.2 Å². The Bertz CT molecular complexity index is 965. The van der Waals surface area contributed by atoms with Gasteiger partial charge in [-0.15, -0.1) is 0 Å². The molecular formula is C19H17ClFN3O2. The van der Waals surface area contributed by atoms with E-state index in [1.807, 2.05) is 32.0 Å². The number of anilines is 1. The standard InChI is InChI=1S/C19H17ClFN3O2/c1-10-7-8-13(9-11(10)2)22-23-19(25)16-12(3)26-24-18(16)17-14(20)5-4-6-15(17)21/h4-9,22H,1-3H3,(H,23,25). The Morgan fingerprint density at radius 3 is 2.62 bits per heavy atom. The highest BCUT2D eigenvalue weighted by atomic mass is 35.5. The topological polar surface area (TPSA) is 67.2 Å². The van der Waals surface area contributed by atoms with Gasteiger partial charge in [-0.1, -0.05) is 28.9 Å². The van der Waals surface area contributed by atoms with Crippen LogP contribution in [0.4, 0.5) is 10.1 Å². The summed E-state index contributed by atoms with van der Waals surface area (Å²) in [6, 6.07) is 9.95. The van der Waals surface area contributed by atoms with Crippen molar-refractivity contribution in [1.29, 1.82) is 0 Å². The van der Waals surface area contributed by atoms with Gasteiger partial charge in [-0.25, -0.2) is 4.39 Å². The molecule has 0 radical (unpaired) electrons. The monoisotopic (exact) mass is 373 g/mol. The summed E-state index contributed by atoms with van der Waals surface area (Å²) < 4.78 is 19.3. The van der Waals surface area contributed by atoms with Gasteiger partial charge in [0.2, 0.25) is 0 Å². The van der Waals surface area contributed by atoms with E-state index in [1.54, 1.807) is 6.92 Å². The molecule has 134 valence electrons. The first kappa shape index (κ1) is 17.9. The van der Waals surface area contributed by atoms with Gasteiger partial charge in [0.15, 0.2) is 0 Å². The van der Waals surface area contributed by atoms with Crippen LogP contribution in [0.25, 0.3) is 11.3 Å². The van der Waals surface area contributed by atoms with Crippen molar-refractivity contribution in [2.75, 3.05) is 5.43 Å². The predicted molar refractivity (Wildman–Crippen MR) is 98.6 cm³/mol. The van der Waals surface area contributed by atoms with Crippen LogP contribution in [0.3, 0.4) is 0 Å². The fraction of sp³-hybridized carbons (Fsp3) is 0.158. The highest BCUT2D eigenvalue weighted by Crippen LogP contribution is 2.33. The molecule has 1 amide bonds. The first-order valence-electron chi connectivity index (χ1n) is 7.92. The quantitative estimate of drug-likeness (QED) is 0.643. The smallest absolute Gasteiger partial charge is 0.275 e. The number of carbonyl (C=O) groups is 1. The van der Waals surface area contributed by atoms with Gasteiger partial charge in [-0.2, -0.15) is 0 Å². The zero-order chi connectivity index (χ0) is 18.8. The molecule has 5 nitrogen and oxygen atoms in total. The summed E-state index contributed by atoms with van der Waals surface area (Å²) in [5.41, 5.74) is 8.59. The molecule has 0 saturated carbocycles. The van der Waals surface area contributed by atoms with Crippen molar-refractivity contribution >= 4 is 23.2 Å². The maximum Gasteiger partial charge on any atom is 0.275 e. The summed E-state index contributed by atoms with van der Waals surface area (Å²) in [6.07, 6.45) is 0. The Labute approximate surface area is 155 Å². The van der Waals surface area contributed by atoms with E-state index >= 15 is 0 Å². The van der Waals surface area contributed by atoms with Crippen molar-refractivity contribution in [3.63, 3.8) is 0 Å². The molecule has 3 rings (SSSR count). The Morgan fingerprint density at radius 2 is 1.92 bits per heavy atom. The highest BCUT2D eigenvalue weighted by Gasteiger charge is 2.25. The normalized spacial score (nSPS) is 10.7. The summed E-state index contributed by atoms with van der Waals surface area (Å²) in [5, 5.41) is 3.97. The Morgan fingerprint density at radius 1 is 1.15 bits per heavy atom. The van der Waals surface area contributed by atoms with Crippen molar-refractivity contribution in [3.8, 4) is 11.3 Å². The molecule has 1 aromatic heterocycles. The van der Waals surface area contributed by atoms with Gasteiger partial charge in [-0.05, 0) is 56.2 Å². The van der Waals surface area contributed by atoms with E-state index < -0.39 is 11.7 Å². The molecule has 2 N–H and O–H groups in total. The Kier molecular flexibility index (Phi) is 4.95. The average Bonchev–Trinajstić information content (AvgIpc) is 2.97. The summed E-state index contributed by atoms with van der Waals surface area (Å²) in [4.78, 5) is 12.6. The molecule has 26 heavy (non-hydrogen) atoms. The van der Waals surface area contributed by atoms with Crippen molar-refractivity contribution < 1.29 is 13.7 Å².